The minimum absolute atomic E-state index is 0.0303. The summed E-state index contributed by atoms with van der Waals surface area (Å²) in [4.78, 5) is 14.3. The smallest absolute Gasteiger partial charge is 0.360 e. The zero-order valence-corrected chi connectivity index (χ0v) is 19.3. The van der Waals surface area contributed by atoms with Crippen LogP contribution in [0.3, 0.4) is 0 Å². The van der Waals surface area contributed by atoms with Gasteiger partial charge in [-0.15, -0.1) is 11.3 Å². The highest BCUT2D eigenvalue weighted by Gasteiger charge is 2.30. The summed E-state index contributed by atoms with van der Waals surface area (Å²) in [6.07, 6.45) is 0. The summed E-state index contributed by atoms with van der Waals surface area (Å²) in [5.74, 6) is -0.305. The number of aryl methyl sites for hydroxylation is 1. The average Bonchev–Trinajstić information content (AvgIpc) is 3.45. The van der Waals surface area contributed by atoms with Gasteiger partial charge >= 0.3 is 5.97 Å². The molecule has 0 bridgehead atoms. The number of aromatic nitrogens is 1. The fraction of sp³-hybridized carbons (Fsp3) is 0.300. The minimum atomic E-state index is -3.64. The van der Waals surface area contributed by atoms with Crippen LogP contribution >= 0.6 is 22.9 Å². The van der Waals surface area contributed by atoms with E-state index in [1.807, 2.05) is 25.1 Å². The summed E-state index contributed by atoms with van der Waals surface area (Å²) in [6.45, 7) is 3.90. The van der Waals surface area contributed by atoms with Crippen molar-refractivity contribution in [1.82, 2.24) is 9.46 Å². The molecule has 0 radical (unpaired) electrons. The molecular formula is C20H20ClN3O5S2. The van der Waals surface area contributed by atoms with Crippen LogP contribution in [0.1, 0.15) is 16.1 Å². The molecular weight excluding hydrogens is 462 g/mol. The highest BCUT2D eigenvalue weighted by atomic mass is 35.5. The van der Waals surface area contributed by atoms with Gasteiger partial charge in [0.25, 0.3) is 10.0 Å². The molecule has 1 fully saturated rings. The molecule has 1 aliphatic rings. The summed E-state index contributed by atoms with van der Waals surface area (Å²) in [5.41, 5.74) is 2.15. The van der Waals surface area contributed by atoms with Gasteiger partial charge in [-0.3, -0.25) is 0 Å². The van der Waals surface area contributed by atoms with Gasteiger partial charge in [-0.1, -0.05) is 22.8 Å². The van der Waals surface area contributed by atoms with E-state index in [-0.39, 0.29) is 9.90 Å². The first-order chi connectivity index (χ1) is 14.8. The van der Waals surface area contributed by atoms with Crippen molar-refractivity contribution in [2.75, 3.05) is 38.2 Å². The zero-order chi connectivity index (χ0) is 22.2. The molecule has 1 aromatic carbocycles. The Bertz CT molecular complexity index is 1210. The topological polar surface area (TPSA) is 93.0 Å². The Kier molecular flexibility index (Phi) is 6.07. The molecule has 0 saturated carbocycles. The molecule has 2 aromatic heterocycles. The fourth-order valence-electron chi connectivity index (χ4n) is 3.40. The number of hydrogen-bond acceptors (Lipinski definition) is 8. The SMILES string of the molecule is COC(=O)c1cc(-c2ccc(S(=O)(=O)N3CCN(c4cc(Cl)ccc4C)CC3)s2)on1. The summed E-state index contributed by atoms with van der Waals surface area (Å²) < 4.78 is 37.7. The van der Waals surface area contributed by atoms with Gasteiger partial charge in [0, 0.05) is 43.0 Å². The van der Waals surface area contributed by atoms with Gasteiger partial charge in [0.15, 0.2) is 11.5 Å². The van der Waals surface area contributed by atoms with Crippen molar-refractivity contribution in [3.05, 3.63) is 52.7 Å². The Morgan fingerprint density at radius 2 is 1.90 bits per heavy atom. The monoisotopic (exact) mass is 481 g/mol. The number of carbonyl (C=O) groups excluding carboxylic acids is 1. The molecule has 0 amide bonds. The normalized spacial score (nSPS) is 15.3. The van der Waals surface area contributed by atoms with Crippen molar-refractivity contribution in [3.63, 3.8) is 0 Å². The second kappa shape index (κ2) is 8.62. The lowest BCUT2D eigenvalue weighted by Gasteiger charge is -2.36. The van der Waals surface area contributed by atoms with Crippen LogP contribution in [0, 0.1) is 6.92 Å². The van der Waals surface area contributed by atoms with E-state index in [2.05, 4.69) is 14.8 Å². The number of hydrogen-bond donors (Lipinski definition) is 0. The van der Waals surface area contributed by atoms with Crippen molar-refractivity contribution in [2.24, 2.45) is 0 Å². The summed E-state index contributed by atoms with van der Waals surface area (Å²) in [5, 5.41) is 4.31. The number of rotatable bonds is 5. The van der Waals surface area contributed by atoms with E-state index in [1.54, 1.807) is 12.1 Å². The molecule has 0 unspecified atom stereocenters. The van der Waals surface area contributed by atoms with Crippen LogP contribution in [-0.2, 0) is 14.8 Å². The standard InChI is InChI=1S/C20H20ClN3O5S2/c1-13-3-4-14(21)11-16(13)23-7-9-24(10-8-23)31(26,27)19-6-5-18(30-19)17-12-15(22-29-17)20(25)28-2/h3-6,11-12H,7-10H2,1-2H3. The van der Waals surface area contributed by atoms with E-state index in [4.69, 9.17) is 16.1 Å². The Hall–Kier alpha value is -2.40. The molecule has 1 saturated heterocycles. The highest BCUT2D eigenvalue weighted by molar-refractivity contribution is 7.91. The largest absolute Gasteiger partial charge is 0.464 e. The van der Waals surface area contributed by atoms with Crippen LogP contribution in [0.15, 0.2) is 45.1 Å². The molecule has 8 nitrogen and oxygen atoms in total. The van der Waals surface area contributed by atoms with Gasteiger partial charge < -0.3 is 14.2 Å². The second-order valence-corrected chi connectivity index (χ2v) is 10.7. The van der Waals surface area contributed by atoms with Gasteiger partial charge in [-0.25, -0.2) is 13.2 Å². The lowest BCUT2D eigenvalue weighted by atomic mass is 10.1. The quantitative estimate of drug-likeness (QED) is 0.513. The van der Waals surface area contributed by atoms with Crippen LogP contribution in [0.25, 0.3) is 10.6 Å². The van der Waals surface area contributed by atoms with E-state index >= 15 is 0 Å². The molecule has 0 aliphatic carbocycles. The number of ether oxygens (including phenoxy) is 1. The van der Waals surface area contributed by atoms with Gasteiger partial charge in [-0.05, 0) is 36.8 Å². The third-order valence-electron chi connectivity index (χ3n) is 5.07. The molecule has 11 heteroatoms. The minimum Gasteiger partial charge on any atom is -0.464 e. The van der Waals surface area contributed by atoms with Crippen LogP contribution in [0.2, 0.25) is 5.02 Å². The molecule has 3 heterocycles. The van der Waals surface area contributed by atoms with E-state index < -0.39 is 16.0 Å². The van der Waals surface area contributed by atoms with Crippen LogP contribution in [0.4, 0.5) is 5.69 Å². The fourth-order valence-corrected chi connectivity index (χ4v) is 6.40. The predicted octanol–water partition coefficient (Wildman–Crippen LogP) is 3.66. The Balaban J connectivity index is 1.48. The number of benzene rings is 1. The summed E-state index contributed by atoms with van der Waals surface area (Å²) in [7, 11) is -2.39. The molecule has 0 N–H and O–H groups in total. The number of nitrogens with zero attached hydrogens (tertiary/aromatic N) is 3. The molecule has 0 atom stereocenters. The predicted molar refractivity (Wildman–Crippen MR) is 118 cm³/mol. The lowest BCUT2D eigenvalue weighted by molar-refractivity contribution is 0.0589. The van der Waals surface area contributed by atoms with E-state index in [1.165, 1.54) is 17.5 Å². The van der Waals surface area contributed by atoms with Crippen LogP contribution in [0.5, 0.6) is 0 Å². The van der Waals surface area contributed by atoms with Crippen molar-refractivity contribution in [1.29, 1.82) is 0 Å². The summed E-state index contributed by atoms with van der Waals surface area (Å²) in [6, 6.07) is 10.3. The van der Waals surface area contributed by atoms with Gasteiger partial charge in [0.1, 0.15) is 4.21 Å². The molecule has 0 spiro atoms. The van der Waals surface area contributed by atoms with Crippen molar-refractivity contribution in [2.45, 2.75) is 11.1 Å². The highest BCUT2D eigenvalue weighted by Crippen LogP contribution is 2.33. The number of sulfonamides is 1. The van der Waals surface area contributed by atoms with Gasteiger partial charge in [-0.2, -0.15) is 4.31 Å². The maximum atomic E-state index is 13.1. The third kappa shape index (κ3) is 4.33. The van der Waals surface area contributed by atoms with E-state index in [0.717, 1.165) is 22.6 Å². The first-order valence-corrected chi connectivity index (χ1v) is 12.1. The second-order valence-electron chi connectivity index (χ2n) is 7.01. The number of halogens is 1. The maximum Gasteiger partial charge on any atom is 0.360 e. The molecule has 31 heavy (non-hydrogen) atoms. The number of anilines is 1. The summed E-state index contributed by atoms with van der Waals surface area (Å²) >= 11 is 7.20. The van der Waals surface area contributed by atoms with Crippen LogP contribution in [-0.4, -0.2) is 57.1 Å². The van der Waals surface area contributed by atoms with Crippen molar-refractivity contribution < 1.29 is 22.5 Å². The first-order valence-electron chi connectivity index (χ1n) is 9.46. The number of esters is 1. The molecule has 1 aliphatic heterocycles. The van der Waals surface area contributed by atoms with E-state index in [0.29, 0.717) is 41.8 Å². The van der Waals surface area contributed by atoms with Crippen molar-refractivity contribution >= 4 is 44.6 Å². The number of piperazine rings is 1. The Morgan fingerprint density at radius 1 is 1.16 bits per heavy atom. The average molecular weight is 482 g/mol. The molecule has 164 valence electrons. The lowest BCUT2D eigenvalue weighted by Crippen LogP contribution is -2.48. The Morgan fingerprint density at radius 3 is 2.61 bits per heavy atom. The van der Waals surface area contributed by atoms with Gasteiger partial charge in [0.2, 0.25) is 0 Å². The number of carbonyl (C=O) groups is 1. The van der Waals surface area contributed by atoms with Gasteiger partial charge in [0.05, 0.1) is 12.0 Å². The zero-order valence-electron chi connectivity index (χ0n) is 16.9. The molecule has 4 rings (SSSR count). The third-order valence-corrected chi connectivity index (χ3v) is 8.77. The molecule has 3 aromatic rings. The van der Waals surface area contributed by atoms with E-state index in [9.17, 15) is 13.2 Å². The first kappa shape index (κ1) is 21.8. The van der Waals surface area contributed by atoms with Crippen LogP contribution < -0.4 is 4.90 Å². The Labute approximate surface area is 189 Å². The maximum absolute atomic E-state index is 13.1. The number of thiophene rings is 1. The number of methoxy groups -OCH3 is 1. The van der Waals surface area contributed by atoms with Crippen molar-refractivity contribution in [3.8, 4) is 10.6 Å².